The van der Waals surface area contributed by atoms with Gasteiger partial charge in [-0.05, 0) is 46.3 Å². The summed E-state index contributed by atoms with van der Waals surface area (Å²) in [7, 11) is 0. The molecule has 0 bridgehead atoms. The van der Waals surface area contributed by atoms with E-state index in [4.69, 9.17) is 5.73 Å². The van der Waals surface area contributed by atoms with E-state index in [1.54, 1.807) is 12.4 Å². The third kappa shape index (κ3) is 2.99. The summed E-state index contributed by atoms with van der Waals surface area (Å²) in [6.45, 7) is 0. The van der Waals surface area contributed by atoms with Crippen molar-refractivity contribution >= 4 is 57.7 Å². The number of rotatable bonds is 2. The van der Waals surface area contributed by atoms with E-state index >= 15 is 0 Å². The molecule has 1 aromatic heterocycles. The van der Waals surface area contributed by atoms with Crippen LogP contribution in [0.2, 0.25) is 0 Å². The molecule has 1 aromatic rings. The second-order valence-electron chi connectivity index (χ2n) is 1.77. The average Bonchev–Trinajstić information content (AvgIpc) is 2.36. The predicted molar refractivity (Wildman–Crippen MR) is 62.3 cm³/mol. The lowest BCUT2D eigenvalue weighted by atomic mass is 10.5. The van der Waals surface area contributed by atoms with Crippen molar-refractivity contribution in [2.24, 2.45) is 10.8 Å². The van der Waals surface area contributed by atoms with Gasteiger partial charge in [0.25, 0.3) is 0 Å². The maximum absolute atomic E-state index is 5.16. The first kappa shape index (κ1) is 9.81. The highest BCUT2D eigenvalue weighted by molar-refractivity contribution is 14.1. The normalized spacial score (nSPS) is 10.4. The highest BCUT2D eigenvalue weighted by atomic mass is 127. The molecule has 0 atom stereocenters. The van der Waals surface area contributed by atoms with Crippen molar-refractivity contribution in [3.8, 4) is 0 Å². The molecule has 4 nitrogen and oxygen atoms in total. The van der Waals surface area contributed by atoms with Gasteiger partial charge in [-0.3, -0.25) is 5.43 Å². The molecule has 1 heterocycles. The lowest BCUT2D eigenvalue weighted by Gasteiger charge is -1.91. The van der Waals surface area contributed by atoms with E-state index in [2.05, 4.69) is 49.7 Å². The maximum Gasteiger partial charge on any atom is 0.184 e. The van der Waals surface area contributed by atoms with Crippen LogP contribution in [-0.4, -0.2) is 15.7 Å². The van der Waals surface area contributed by atoms with Crippen molar-refractivity contribution in [2.45, 2.75) is 0 Å². The first-order valence-electron chi connectivity index (χ1n) is 2.89. The molecule has 0 unspecified atom stereocenters. The molecular formula is C5H5IN4S2. The summed E-state index contributed by atoms with van der Waals surface area (Å²) >= 11 is 8.11. The highest BCUT2D eigenvalue weighted by Crippen LogP contribution is 2.12. The van der Waals surface area contributed by atoms with Gasteiger partial charge in [-0.15, -0.1) is 0 Å². The van der Waals surface area contributed by atoms with Crippen LogP contribution in [0.1, 0.15) is 4.88 Å². The molecule has 0 fully saturated rings. The number of nitrogens with zero attached hydrogens (tertiary/aromatic N) is 2. The minimum atomic E-state index is 0.158. The molecule has 0 aliphatic carbocycles. The minimum Gasteiger partial charge on any atom is -0.375 e. The Morgan fingerprint density at radius 1 is 1.92 bits per heavy atom. The highest BCUT2D eigenvalue weighted by Gasteiger charge is 1.97. The Bertz CT molecular complexity index is 308. The average molecular weight is 312 g/mol. The van der Waals surface area contributed by atoms with Crippen LogP contribution in [0.15, 0.2) is 11.3 Å². The molecular weight excluding hydrogens is 307 g/mol. The SMILES string of the molecule is NC(=S)N/N=C\c1sncc1I. The van der Waals surface area contributed by atoms with Gasteiger partial charge in [-0.1, -0.05) is 0 Å². The van der Waals surface area contributed by atoms with Gasteiger partial charge >= 0.3 is 0 Å². The number of nitrogens with one attached hydrogen (secondary N) is 1. The van der Waals surface area contributed by atoms with Crippen LogP contribution in [0.4, 0.5) is 0 Å². The zero-order valence-electron chi connectivity index (χ0n) is 5.82. The quantitative estimate of drug-likeness (QED) is 0.369. The van der Waals surface area contributed by atoms with E-state index < -0.39 is 0 Å². The van der Waals surface area contributed by atoms with E-state index in [1.165, 1.54) is 11.5 Å². The summed E-state index contributed by atoms with van der Waals surface area (Å²) in [4.78, 5) is 0.986. The van der Waals surface area contributed by atoms with Gasteiger partial charge in [0.2, 0.25) is 0 Å². The van der Waals surface area contributed by atoms with Crippen molar-refractivity contribution < 1.29 is 0 Å². The number of thiocarbonyl (C=S) groups is 1. The van der Waals surface area contributed by atoms with Gasteiger partial charge in [0, 0.05) is 0 Å². The Kier molecular flexibility index (Phi) is 3.82. The summed E-state index contributed by atoms with van der Waals surface area (Å²) in [6.07, 6.45) is 3.41. The van der Waals surface area contributed by atoms with Crippen LogP contribution in [0.25, 0.3) is 0 Å². The lowest BCUT2D eigenvalue weighted by Crippen LogP contribution is -2.23. The molecule has 0 aliphatic heterocycles. The van der Waals surface area contributed by atoms with Crippen LogP contribution in [0, 0.1) is 3.57 Å². The summed E-state index contributed by atoms with van der Waals surface area (Å²) in [5, 5.41) is 3.96. The van der Waals surface area contributed by atoms with E-state index in [-0.39, 0.29) is 5.11 Å². The molecule has 0 radical (unpaired) electrons. The van der Waals surface area contributed by atoms with Crippen molar-refractivity contribution in [1.29, 1.82) is 0 Å². The van der Waals surface area contributed by atoms with Gasteiger partial charge in [-0.25, -0.2) is 0 Å². The zero-order chi connectivity index (χ0) is 8.97. The number of nitrogens with two attached hydrogens (primary N) is 1. The molecule has 0 aliphatic rings. The molecule has 0 spiro atoms. The third-order valence-corrected chi connectivity index (χ3v) is 2.96. The van der Waals surface area contributed by atoms with Crippen molar-refractivity contribution in [3.63, 3.8) is 0 Å². The fourth-order valence-electron chi connectivity index (χ4n) is 0.476. The molecule has 1 rings (SSSR count). The van der Waals surface area contributed by atoms with Crippen molar-refractivity contribution in [3.05, 3.63) is 14.6 Å². The Morgan fingerprint density at radius 2 is 2.67 bits per heavy atom. The van der Waals surface area contributed by atoms with E-state index in [0.717, 1.165) is 8.45 Å². The fourth-order valence-corrected chi connectivity index (χ4v) is 1.80. The van der Waals surface area contributed by atoms with Gasteiger partial charge in [-0.2, -0.15) is 9.47 Å². The lowest BCUT2D eigenvalue weighted by molar-refractivity contribution is 1.04. The fraction of sp³-hybridized carbons (Fsp3) is 0. The Balaban J connectivity index is 2.57. The first-order chi connectivity index (χ1) is 5.70. The molecule has 0 saturated carbocycles. The molecule has 12 heavy (non-hydrogen) atoms. The number of aromatic nitrogens is 1. The Hall–Kier alpha value is -0.280. The second kappa shape index (κ2) is 4.67. The molecule has 7 heteroatoms. The van der Waals surface area contributed by atoms with Crippen LogP contribution >= 0.6 is 46.3 Å². The van der Waals surface area contributed by atoms with Crippen LogP contribution in [0.5, 0.6) is 0 Å². The smallest absolute Gasteiger partial charge is 0.184 e. The van der Waals surface area contributed by atoms with Crippen LogP contribution in [0.3, 0.4) is 0 Å². The Labute approximate surface area is 92.5 Å². The van der Waals surface area contributed by atoms with Crippen LogP contribution < -0.4 is 11.2 Å². The summed E-state index contributed by atoms with van der Waals surface area (Å²) in [6, 6.07) is 0. The van der Waals surface area contributed by atoms with E-state index in [1.807, 2.05) is 0 Å². The first-order valence-corrected chi connectivity index (χ1v) is 5.15. The van der Waals surface area contributed by atoms with Gasteiger partial charge in [0.1, 0.15) is 0 Å². The van der Waals surface area contributed by atoms with E-state index in [9.17, 15) is 0 Å². The standard InChI is InChI=1S/C5H5IN4S2/c6-3-1-9-12-4(3)2-8-10-5(7)11/h1-2H,(H3,7,10,11)/b8-2-. The molecule has 3 N–H and O–H groups in total. The largest absolute Gasteiger partial charge is 0.375 e. The monoisotopic (exact) mass is 312 g/mol. The summed E-state index contributed by atoms with van der Waals surface area (Å²) < 4.78 is 5.03. The molecule has 64 valence electrons. The van der Waals surface area contributed by atoms with Gasteiger partial charge < -0.3 is 5.73 Å². The molecule has 0 saturated heterocycles. The second-order valence-corrected chi connectivity index (χ2v) is 4.21. The van der Waals surface area contributed by atoms with Gasteiger partial charge in [0.05, 0.1) is 20.9 Å². The predicted octanol–water partition coefficient (Wildman–Crippen LogP) is 0.915. The number of hydrogen-bond acceptors (Lipinski definition) is 4. The third-order valence-electron chi connectivity index (χ3n) is 0.909. The number of hydrazone groups is 1. The maximum atomic E-state index is 5.16. The zero-order valence-corrected chi connectivity index (χ0v) is 9.61. The molecule has 0 aromatic carbocycles. The van der Waals surface area contributed by atoms with Crippen molar-refractivity contribution in [2.75, 3.05) is 0 Å². The number of hydrogen-bond donors (Lipinski definition) is 2. The molecule has 0 amide bonds. The van der Waals surface area contributed by atoms with Crippen LogP contribution in [-0.2, 0) is 0 Å². The topological polar surface area (TPSA) is 63.3 Å². The summed E-state index contributed by atoms with van der Waals surface area (Å²) in [5.74, 6) is 0. The summed E-state index contributed by atoms with van der Waals surface area (Å²) in [5.41, 5.74) is 7.63. The Morgan fingerprint density at radius 3 is 3.17 bits per heavy atom. The van der Waals surface area contributed by atoms with E-state index in [0.29, 0.717) is 0 Å². The minimum absolute atomic E-state index is 0.158. The van der Waals surface area contributed by atoms with Gasteiger partial charge in [0.15, 0.2) is 5.11 Å². The van der Waals surface area contributed by atoms with Crippen molar-refractivity contribution in [1.82, 2.24) is 9.80 Å². The number of halogens is 1.